The molecule has 0 aromatic rings. The van der Waals surface area contributed by atoms with Crippen molar-refractivity contribution >= 4 is 0 Å². The van der Waals surface area contributed by atoms with Crippen LogP contribution in [0.5, 0.6) is 0 Å². The minimum atomic E-state index is -5.42. The van der Waals surface area contributed by atoms with Crippen LogP contribution in [0, 0.1) is 0 Å². The van der Waals surface area contributed by atoms with E-state index in [0.29, 0.717) is 0 Å². The van der Waals surface area contributed by atoms with Crippen molar-refractivity contribution in [2.75, 3.05) is 33.8 Å². The summed E-state index contributed by atoms with van der Waals surface area (Å²) < 4.78 is 72.7. The molecule has 0 saturated carbocycles. The number of hydrogen-bond acceptors (Lipinski definition) is 3. The van der Waals surface area contributed by atoms with Gasteiger partial charge in [-0.3, -0.25) is 0 Å². The van der Waals surface area contributed by atoms with E-state index < -0.39 is 25.5 Å². The van der Waals surface area contributed by atoms with E-state index in [2.05, 4.69) is 14.2 Å². The molecule has 0 heterocycles. The third-order valence-electron chi connectivity index (χ3n) is 1.40. The first-order chi connectivity index (χ1) is 6.87. The van der Waals surface area contributed by atoms with Crippen LogP contribution in [0.25, 0.3) is 0 Å². The molecule has 8 heteroatoms. The molecule has 0 saturated heterocycles. The van der Waals surface area contributed by atoms with Crippen molar-refractivity contribution in [2.24, 2.45) is 0 Å². The highest BCUT2D eigenvalue weighted by Crippen LogP contribution is 2.35. The highest BCUT2D eigenvalue weighted by molar-refractivity contribution is 4.75. The molecule has 0 rings (SSSR count). The van der Waals surface area contributed by atoms with Gasteiger partial charge in [-0.2, -0.15) is 17.6 Å². The van der Waals surface area contributed by atoms with Crippen LogP contribution in [-0.4, -0.2) is 45.8 Å². The van der Waals surface area contributed by atoms with Crippen LogP contribution >= 0.6 is 0 Å². The molecule has 15 heavy (non-hydrogen) atoms. The maximum absolute atomic E-state index is 12.7. The fourth-order valence-electron chi connectivity index (χ4n) is 0.532. The second kappa shape index (κ2) is 6.19. The molecule has 0 amide bonds. The number of alkyl halides is 5. The van der Waals surface area contributed by atoms with Gasteiger partial charge in [0, 0.05) is 7.11 Å². The zero-order valence-corrected chi connectivity index (χ0v) is 7.94. The Balaban J connectivity index is 3.90. The summed E-state index contributed by atoms with van der Waals surface area (Å²) >= 11 is 0. The molecule has 1 atom stereocenters. The largest absolute Gasteiger partial charge is 0.451 e. The van der Waals surface area contributed by atoms with E-state index in [0.717, 1.165) is 0 Å². The Morgan fingerprint density at radius 2 is 1.67 bits per heavy atom. The van der Waals surface area contributed by atoms with Crippen molar-refractivity contribution in [1.29, 1.82) is 0 Å². The van der Waals surface area contributed by atoms with E-state index in [1.807, 2.05) is 0 Å². The Morgan fingerprint density at radius 1 is 1.07 bits per heavy atom. The predicted octanol–water partition coefficient (Wildman–Crippen LogP) is 1.82. The van der Waals surface area contributed by atoms with Gasteiger partial charge < -0.3 is 14.2 Å². The fourth-order valence-corrected chi connectivity index (χ4v) is 0.532. The smallest absolute Gasteiger partial charge is 0.382 e. The molecule has 0 aliphatic rings. The molecule has 0 aliphatic heterocycles. The van der Waals surface area contributed by atoms with Crippen molar-refractivity contribution in [2.45, 2.75) is 12.0 Å². The first kappa shape index (κ1) is 14.5. The molecule has 0 aromatic carbocycles. The van der Waals surface area contributed by atoms with Gasteiger partial charge in [-0.1, -0.05) is 0 Å². The Morgan fingerprint density at radius 3 is 2.07 bits per heavy atom. The van der Waals surface area contributed by atoms with Crippen LogP contribution < -0.4 is 0 Å². The maximum Gasteiger partial charge on any atom is 0.451 e. The molecule has 0 fully saturated rings. The summed E-state index contributed by atoms with van der Waals surface area (Å²) in [4.78, 5) is 0. The summed E-state index contributed by atoms with van der Waals surface area (Å²) in [5, 5.41) is 0. The first-order valence-corrected chi connectivity index (χ1v) is 3.89. The average Bonchev–Trinajstić information content (AvgIpc) is 2.15. The van der Waals surface area contributed by atoms with E-state index in [1.165, 1.54) is 7.11 Å². The second-order valence-electron chi connectivity index (χ2n) is 2.52. The lowest BCUT2D eigenvalue weighted by Gasteiger charge is -2.24. The average molecular weight is 238 g/mol. The van der Waals surface area contributed by atoms with Crippen LogP contribution in [-0.2, 0) is 14.2 Å². The number of ether oxygens (including phenoxy) is 3. The fraction of sp³-hybridized carbons (Fsp3) is 1.00. The normalized spacial score (nSPS) is 16.4. The number of rotatable bonds is 7. The van der Waals surface area contributed by atoms with E-state index in [1.54, 1.807) is 0 Å². The lowest BCUT2D eigenvalue weighted by Crippen LogP contribution is -2.46. The number of halogens is 5. The molecular weight excluding hydrogens is 227 g/mol. The van der Waals surface area contributed by atoms with Crippen molar-refractivity contribution < 1.29 is 36.2 Å². The summed E-state index contributed by atoms with van der Waals surface area (Å²) in [7, 11) is 1.35. The van der Waals surface area contributed by atoms with Crippen molar-refractivity contribution in [3.8, 4) is 0 Å². The molecular formula is C7H11F5O3. The lowest BCUT2D eigenvalue weighted by atomic mass is 10.3. The van der Waals surface area contributed by atoms with Crippen LogP contribution in [0.3, 0.4) is 0 Å². The highest BCUT2D eigenvalue weighted by Gasteiger charge is 2.58. The van der Waals surface area contributed by atoms with E-state index in [9.17, 15) is 22.0 Å². The van der Waals surface area contributed by atoms with Gasteiger partial charge in [0.2, 0.25) is 0 Å². The van der Waals surface area contributed by atoms with Crippen LogP contribution in [0.4, 0.5) is 22.0 Å². The van der Waals surface area contributed by atoms with Crippen molar-refractivity contribution in [3.05, 3.63) is 0 Å². The Hall–Kier alpha value is -0.470. The van der Waals surface area contributed by atoms with Gasteiger partial charge in [-0.25, -0.2) is 4.39 Å². The quantitative estimate of drug-likeness (QED) is 0.384. The predicted molar refractivity (Wildman–Crippen MR) is 39.6 cm³/mol. The molecule has 1 unspecified atom stereocenters. The minimum Gasteiger partial charge on any atom is -0.382 e. The SMILES string of the molecule is COCCOCOC(F)(CF)C(F)(F)F. The van der Waals surface area contributed by atoms with Crippen molar-refractivity contribution in [1.82, 2.24) is 0 Å². The Labute approximate surface area is 83.1 Å². The van der Waals surface area contributed by atoms with Crippen LogP contribution in [0.2, 0.25) is 0 Å². The molecule has 0 bridgehead atoms. The van der Waals surface area contributed by atoms with Gasteiger partial charge in [0.25, 0.3) is 0 Å². The topological polar surface area (TPSA) is 27.7 Å². The monoisotopic (exact) mass is 238 g/mol. The summed E-state index contributed by atoms with van der Waals surface area (Å²) in [6.45, 7) is -3.27. The second-order valence-corrected chi connectivity index (χ2v) is 2.52. The van der Waals surface area contributed by atoms with Gasteiger partial charge in [0.15, 0.2) is 13.5 Å². The van der Waals surface area contributed by atoms with Gasteiger partial charge in [-0.05, 0) is 0 Å². The summed E-state index contributed by atoms with van der Waals surface area (Å²) in [5.74, 6) is -4.31. The summed E-state index contributed by atoms with van der Waals surface area (Å²) in [5.41, 5.74) is 0. The molecule has 0 radical (unpaired) electrons. The lowest BCUT2D eigenvalue weighted by molar-refractivity contribution is -0.353. The van der Waals surface area contributed by atoms with Gasteiger partial charge in [-0.15, -0.1) is 0 Å². The zero-order valence-electron chi connectivity index (χ0n) is 7.94. The van der Waals surface area contributed by atoms with E-state index >= 15 is 0 Å². The van der Waals surface area contributed by atoms with Crippen LogP contribution in [0.1, 0.15) is 0 Å². The highest BCUT2D eigenvalue weighted by atomic mass is 19.4. The standard InChI is InChI=1S/C7H11F5O3/c1-13-2-3-14-5-15-6(9,4-8)7(10,11)12/h2-5H2,1H3. The van der Waals surface area contributed by atoms with Crippen LogP contribution in [0.15, 0.2) is 0 Å². The third kappa shape index (κ3) is 4.72. The van der Waals surface area contributed by atoms with Gasteiger partial charge in [0.1, 0.15) is 0 Å². The van der Waals surface area contributed by atoms with Crippen molar-refractivity contribution in [3.63, 3.8) is 0 Å². The maximum atomic E-state index is 12.7. The first-order valence-electron chi connectivity index (χ1n) is 3.89. The Bertz CT molecular complexity index is 174. The Kier molecular flexibility index (Phi) is 5.99. The minimum absolute atomic E-state index is 0.0727. The molecule has 3 nitrogen and oxygen atoms in total. The van der Waals surface area contributed by atoms with Gasteiger partial charge >= 0.3 is 12.0 Å². The molecule has 0 spiro atoms. The molecule has 92 valence electrons. The summed E-state index contributed by atoms with van der Waals surface area (Å²) in [6.07, 6.45) is -5.42. The molecule has 0 aliphatic carbocycles. The molecule has 0 aromatic heterocycles. The summed E-state index contributed by atoms with van der Waals surface area (Å²) in [6, 6.07) is 0. The number of hydrogen-bond donors (Lipinski definition) is 0. The molecule has 0 N–H and O–H groups in total. The zero-order chi connectivity index (χ0) is 11.9. The van der Waals surface area contributed by atoms with E-state index in [4.69, 9.17) is 0 Å². The third-order valence-corrected chi connectivity index (χ3v) is 1.40. The van der Waals surface area contributed by atoms with E-state index in [-0.39, 0.29) is 13.2 Å². The van der Waals surface area contributed by atoms with Gasteiger partial charge in [0.05, 0.1) is 13.2 Å². The number of methoxy groups -OCH3 is 1.